The Balaban J connectivity index is 3.28. The number of amides is 1. The second-order valence-corrected chi connectivity index (χ2v) is 5.57. The number of hydrogen-bond donors (Lipinski definition) is 2. The van der Waals surface area contributed by atoms with Crippen LogP contribution in [0.4, 0.5) is 0 Å². The molecule has 124 valence electrons. The predicted octanol–water partition coefficient (Wildman–Crippen LogP) is 2.82. The van der Waals surface area contributed by atoms with Crippen LogP contribution in [0.3, 0.4) is 0 Å². The minimum Gasteiger partial charge on any atom is -0.490 e. The van der Waals surface area contributed by atoms with E-state index in [9.17, 15) is 9.59 Å². The van der Waals surface area contributed by atoms with E-state index in [2.05, 4.69) is 34.5 Å². The molecule has 0 radical (unpaired) electrons. The summed E-state index contributed by atoms with van der Waals surface area (Å²) in [5.41, 5.74) is 0.366. The van der Waals surface area contributed by atoms with Crippen LogP contribution in [0.5, 0.6) is 11.5 Å². The van der Waals surface area contributed by atoms with E-state index in [0.29, 0.717) is 30.3 Å². The molecule has 0 atom stereocenters. The molecule has 0 aliphatic heterocycles. The lowest BCUT2D eigenvalue weighted by Gasteiger charge is -2.14. The summed E-state index contributed by atoms with van der Waals surface area (Å²) in [6.07, 6.45) is 2.99. The first kappa shape index (κ1) is 19.0. The Labute approximate surface area is 148 Å². The van der Waals surface area contributed by atoms with Gasteiger partial charge in [0.25, 0.3) is 0 Å². The molecule has 0 saturated carbocycles. The van der Waals surface area contributed by atoms with Crippen molar-refractivity contribution in [2.24, 2.45) is 0 Å². The van der Waals surface area contributed by atoms with Crippen molar-refractivity contribution in [2.45, 2.75) is 13.8 Å². The maximum Gasteiger partial charge on any atom is 0.352 e. The van der Waals surface area contributed by atoms with Crippen LogP contribution in [0.1, 0.15) is 19.4 Å². The zero-order chi connectivity index (χ0) is 17.4. The van der Waals surface area contributed by atoms with E-state index in [1.807, 2.05) is 6.92 Å². The lowest BCUT2D eigenvalue weighted by atomic mass is 10.1. The van der Waals surface area contributed by atoms with Crippen LogP contribution >= 0.6 is 22.6 Å². The largest absolute Gasteiger partial charge is 0.490 e. The number of ether oxygens (including phenoxy) is 2. The van der Waals surface area contributed by atoms with Crippen molar-refractivity contribution in [1.82, 2.24) is 5.32 Å². The van der Waals surface area contributed by atoms with E-state index >= 15 is 0 Å². The van der Waals surface area contributed by atoms with E-state index in [1.54, 1.807) is 18.2 Å². The highest BCUT2D eigenvalue weighted by Crippen LogP contribution is 2.34. The van der Waals surface area contributed by atoms with Crippen molar-refractivity contribution < 1.29 is 24.2 Å². The minimum absolute atomic E-state index is 0.212. The van der Waals surface area contributed by atoms with E-state index in [4.69, 9.17) is 14.6 Å². The first-order chi connectivity index (χ1) is 10.9. The van der Waals surface area contributed by atoms with Gasteiger partial charge in [-0.3, -0.25) is 4.79 Å². The van der Waals surface area contributed by atoms with Gasteiger partial charge in [0.05, 0.1) is 10.2 Å². The van der Waals surface area contributed by atoms with Crippen LogP contribution in [0.2, 0.25) is 0 Å². The van der Waals surface area contributed by atoms with Gasteiger partial charge in [-0.25, -0.2) is 4.79 Å². The van der Waals surface area contributed by atoms with Gasteiger partial charge in [0.2, 0.25) is 5.91 Å². The van der Waals surface area contributed by atoms with Crippen molar-refractivity contribution in [3.8, 4) is 11.5 Å². The second kappa shape index (κ2) is 9.19. The molecule has 6 nitrogen and oxygen atoms in total. The summed E-state index contributed by atoms with van der Waals surface area (Å²) in [6, 6.07) is 3.40. The highest BCUT2D eigenvalue weighted by molar-refractivity contribution is 14.1. The van der Waals surface area contributed by atoms with E-state index in [0.717, 1.165) is 3.57 Å². The smallest absolute Gasteiger partial charge is 0.352 e. The molecule has 1 aromatic rings. The molecular formula is C16H18INO5. The molecule has 1 amide bonds. The van der Waals surface area contributed by atoms with Gasteiger partial charge in [-0.2, -0.15) is 0 Å². The quantitative estimate of drug-likeness (QED) is 0.376. The first-order valence-corrected chi connectivity index (χ1v) is 7.89. The number of carboxylic acids is 1. The molecule has 1 aromatic carbocycles. The molecule has 0 aromatic heterocycles. The standard InChI is InChI=1S/C16H18INO5/c1-4-6-23-15-12(17)7-11(9-14(15)22-5-2)8-13(16(20)21)18-10(3)19/h4,7-9H,1,5-6H2,2-3H3,(H,18,19)(H,20,21). The third-order valence-corrected chi connectivity index (χ3v) is 3.33. The number of aliphatic carboxylic acids is 1. The molecule has 0 bridgehead atoms. The second-order valence-electron chi connectivity index (χ2n) is 4.41. The molecule has 0 heterocycles. The lowest BCUT2D eigenvalue weighted by molar-refractivity contribution is -0.134. The maximum atomic E-state index is 11.2. The van der Waals surface area contributed by atoms with Crippen LogP contribution in [-0.2, 0) is 9.59 Å². The van der Waals surface area contributed by atoms with Gasteiger partial charge >= 0.3 is 5.97 Å². The van der Waals surface area contributed by atoms with E-state index in [-0.39, 0.29) is 5.70 Å². The Hall–Kier alpha value is -2.03. The number of carbonyl (C=O) groups excluding carboxylic acids is 1. The van der Waals surface area contributed by atoms with E-state index in [1.165, 1.54) is 13.0 Å². The Morgan fingerprint density at radius 3 is 2.61 bits per heavy atom. The van der Waals surface area contributed by atoms with Crippen molar-refractivity contribution in [3.05, 3.63) is 39.6 Å². The van der Waals surface area contributed by atoms with Gasteiger partial charge in [-0.05, 0) is 53.3 Å². The molecular weight excluding hydrogens is 413 g/mol. The lowest BCUT2D eigenvalue weighted by Crippen LogP contribution is -2.24. The highest BCUT2D eigenvalue weighted by atomic mass is 127. The summed E-state index contributed by atoms with van der Waals surface area (Å²) >= 11 is 2.08. The third-order valence-electron chi connectivity index (χ3n) is 2.53. The number of halogens is 1. The van der Waals surface area contributed by atoms with Gasteiger partial charge in [-0.15, -0.1) is 0 Å². The van der Waals surface area contributed by atoms with Gasteiger partial charge in [0.15, 0.2) is 11.5 Å². The maximum absolute atomic E-state index is 11.2. The summed E-state index contributed by atoms with van der Waals surface area (Å²) in [6.45, 7) is 7.46. The van der Waals surface area contributed by atoms with Crippen LogP contribution < -0.4 is 14.8 Å². The first-order valence-electron chi connectivity index (χ1n) is 6.81. The molecule has 0 spiro atoms. The molecule has 23 heavy (non-hydrogen) atoms. The van der Waals surface area contributed by atoms with Crippen molar-refractivity contribution in [1.29, 1.82) is 0 Å². The fraction of sp³-hybridized carbons (Fsp3) is 0.250. The summed E-state index contributed by atoms with van der Waals surface area (Å²) in [5.74, 6) is -0.606. The molecule has 2 N–H and O–H groups in total. The van der Waals surface area contributed by atoms with Crippen LogP contribution in [0, 0.1) is 3.57 Å². The number of hydrogen-bond acceptors (Lipinski definition) is 4. The van der Waals surface area contributed by atoms with Gasteiger partial charge < -0.3 is 19.9 Å². The van der Waals surface area contributed by atoms with Crippen molar-refractivity contribution in [3.63, 3.8) is 0 Å². The third kappa shape index (κ3) is 5.93. The zero-order valence-electron chi connectivity index (χ0n) is 12.9. The summed E-state index contributed by atoms with van der Waals surface area (Å²) in [5, 5.41) is 11.4. The average Bonchev–Trinajstić information content (AvgIpc) is 2.45. The molecule has 0 saturated heterocycles. The zero-order valence-corrected chi connectivity index (χ0v) is 15.0. The summed E-state index contributed by atoms with van der Waals surface area (Å²) < 4.78 is 11.9. The minimum atomic E-state index is -1.22. The fourth-order valence-electron chi connectivity index (χ4n) is 1.72. The Kier molecular flexibility index (Phi) is 7.60. The van der Waals surface area contributed by atoms with Crippen molar-refractivity contribution in [2.75, 3.05) is 13.2 Å². The van der Waals surface area contributed by atoms with Crippen LogP contribution in [0.15, 0.2) is 30.5 Å². The Morgan fingerprint density at radius 2 is 2.09 bits per heavy atom. The van der Waals surface area contributed by atoms with Crippen LogP contribution in [0.25, 0.3) is 6.08 Å². The topological polar surface area (TPSA) is 84.9 Å². The highest BCUT2D eigenvalue weighted by Gasteiger charge is 2.14. The van der Waals surface area contributed by atoms with Crippen molar-refractivity contribution >= 4 is 40.5 Å². The predicted molar refractivity (Wildman–Crippen MR) is 95.4 cm³/mol. The Bertz CT molecular complexity index is 640. The molecule has 7 heteroatoms. The van der Waals surface area contributed by atoms with Gasteiger partial charge in [0.1, 0.15) is 12.3 Å². The SMILES string of the molecule is C=CCOc1c(I)cc(C=C(NC(C)=O)C(=O)O)cc1OCC. The normalized spacial score (nSPS) is 10.8. The number of benzene rings is 1. The number of rotatable bonds is 8. The molecule has 0 aliphatic carbocycles. The summed E-state index contributed by atoms with van der Waals surface area (Å²) in [7, 11) is 0. The monoisotopic (exact) mass is 431 g/mol. The number of carboxylic acid groups (broad SMARTS) is 1. The Morgan fingerprint density at radius 1 is 1.39 bits per heavy atom. The van der Waals surface area contributed by atoms with Gasteiger partial charge in [0, 0.05) is 6.92 Å². The van der Waals surface area contributed by atoms with Gasteiger partial charge in [-0.1, -0.05) is 12.7 Å². The fourth-order valence-corrected chi connectivity index (χ4v) is 2.51. The van der Waals surface area contributed by atoms with Crippen LogP contribution in [-0.4, -0.2) is 30.2 Å². The van der Waals surface area contributed by atoms with E-state index < -0.39 is 11.9 Å². The molecule has 1 rings (SSSR count). The average molecular weight is 431 g/mol. The number of nitrogens with one attached hydrogen (secondary N) is 1. The summed E-state index contributed by atoms with van der Waals surface area (Å²) in [4.78, 5) is 22.3. The molecule has 0 fully saturated rings. The number of carbonyl (C=O) groups is 2. The molecule has 0 unspecified atom stereocenters. The molecule has 0 aliphatic rings.